The minimum absolute atomic E-state index is 0.593. The highest BCUT2D eigenvalue weighted by Gasteiger charge is 2.14. The predicted molar refractivity (Wildman–Crippen MR) is 78.7 cm³/mol. The Morgan fingerprint density at radius 3 is 2.71 bits per heavy atom. The van der Waals surface area contributed by atoms with Crippen molar-refractivity contribution in [3.8, 4) is 11.5 Å². The van der Waals surface area contributed by atoms with Crippen LogP contribution in [0.3, 0.4) is 0 Å². The molecule has 5 heteroatoms. The molecule has 0 bridgehead atoms. The van der Waals surface area contributed by atoms with Crippen LogP contribution in [-0.4, -0.2) is 28.2 Å². The summed E-state index contributed by atoms with van der Waals surface area (Å²) in [5.41, 5.74) is 2.97. The number of ether oxygens (including phenoxy) is 2. The number of nitrogens with zero attached hydrogens (tertiary/aromatic N) is 2. The summed E-state index contributed by atoms with van der Waals surface area (Å²) < 4.78 is 11.2. The lowest BCUT2D eigenvalue weighted by atomic mass is 10.2. The van der Waals surface area contributed by atoms with E-state index < -0.39 is 0 Å². The Hall–Kier alpha value is -2.56. The summed E-state index contributed by atoms with van der Waals surface area (Å²) in [6.45, 7) is 1.19. The molecule has 0 amide bonds. The molecule has 0 radical (unpaired) electrons. The van der Waals surface area contributed by atoms with Gasteiger partial charge < -0.3 is 14.5 Å². The third-order valence-corrected chi connectivity index (χ3v) is 3.54. The van der Waals surface area contributed by atoms with Gasteiger partial charge in [0.05, 0.1) is 11.0 Å². The van der Waals surface area contributed by atoms with Gasteiger partial charge >= 0.3 is 0 Å². The molecule has 0 saturated carbocycles. The summed E-state index contributed by atoms with van der Waals surface area (Å²) in [6.07, 6.45) is 3.52. The van der Waals surface area contributed by atoms with Crippen LogP contribution >= 0.6 is 0 Å². The summed E-state index contributed by atoms with van der Waals surface area (Å²) >= 11 is 0. The van der Waals surface area contributed by atoms with E-state index in [0.29, 0.717) is 13.2 Å². The molecule has 1 N–H and O–H groups in total. The Bertz CT molecular complexity index is 725. The third-order valence-electron chi connectivity index (χ3n) is 3.54. The molecule has 2 aromatic heterocycles. The summed E-state index contributed by atoms with van der Waals surface area (Å²) in [4.78, 5) is 12.3. The minimum Gasteiger partial charge on any atom is -0.486 e. The summed E-state index contributed by atoms with van der Waals surface area (Å²) in [5.74, 6) is 2.52. The first-order valence-corrected chi connectivity index (χ1v) is 7.07. The number of aromatic nitrogens is 3. The van der Waals surface area contributed by atoms with Crippen LogP contribution in [0, 0.1) is 0 Å². The molecule has 0 unspecified atom stereocenters. The number of aryl methyl sites for hydroxylation is 2. The second-order valence-electron chi connectivity index (χ2n) is 5.02. The van der Waals surface area contributed by atoms with E-state index >= 15 is 0 Å². The van der Waals surface area contributed by atoms with E-state index in [1.54, 1.807) is 0 Å². The van der Waals surface area contributed by atoms with E-state index in [1.807, 2.05) is 36.5 Å². The maximum atomic E-state index is 5.59. The zero-order valence-electron chi connectivity index (χ0n) is 11.5. The van der Waals surface area contributed by atoms with E-state index in [4.69, 9.17) is 9.47 Å². The van der Waals surface area contributed by atoms with Crippen molar-refractivity contribution in [2.75, 3.05) is 13.2 Å². The van der Waals surface area contributed by atoms with Gasteiger partial charge in [-0.2, -0.15) is 0 Å². The van der Waals surface area contributed by atoms with Crippen molar-refractivity contribution in [3.05, 3.63) is 48.0 Å². The molecule has 0 aliphatic carbocycles. The maximum absolute atomic E-state index is 5.59. The van der Waals surface area contributed by atoms with Crippen LogP contribution in [0.15, 0.2) is 36.5 Å². The third kappa shape index (κ3) is 2.42. The van der Waals surface area contributed by atoms with Crippen LogP contribution < -0.4 is 9.47 Å². The van der Waals surface area contributed by atoms with Crippen LogP contribution in [0.2, 0.25) is 0 Å². The quantitative estimate of drug-likeness (QED) is 0.801. The normalized spacial score (nSPS) is 13.5. The summed E-state index contributed by atoms with van der Waals surface area (Å²) in [6, 6.07) is 9.85. The number of H-pyrrole nitrogens is 1. The van der Waals surface area contributed by atoms with E-state index in [1.165, 1.54) is 0 Å². The molecular weight excluding hydrogens is 266 g/mol. The first kappa shape index (κ1) is 12.2. The molecule has 1 aromatic carbocycles. The van der Waals surface area contributed by atoms with Gasteiger partial charge in [-0.05, 0) is 18.6 Å². The van der Waals surface area contributed by atoms with Gasteiger partial charge in [0.1, 0.15) is 19.0 Å². The second kappa shape index (κ2) is 5.09. The molecule has 0 atom stereocenters. The SMILES string of the molecule is c1ccc(CCc2nc3cc4c(cc3[nH]2)OCCO4)nc1. The topological polar surface area (TPSA) is 60.0 Å². The van der Waals surface area contributed by atoms with Crippen LogP contribution in [0.5, 0.6) is 11.5 Å². The largest absolute Gasteiger partial charge is 0.486 e. The van der Waals surface area contributed by atoms with Crippen LogP contribution in [0.1, 0.15) is 11.5 Å². The van der Waals surface area contributed by atoms with Crippen LogP contribution in [0.4, 0.5) is 0 Å². The molecule has 0 fully saturated rings. The molecule has 21 heavy (non-hydrogen) atoms. The Morgan fingerprint density at radius 2 is 1.90 bits per heavy atom. The van der Waals surface area contributed by atoms with Gasteiger partial charge in [-0.1, -0.05) is 6.07 Å². The Morgan fingerprint density at radius 1 is 1.05 bits per heavy atom. The van der Waals surface area contributed by atoms with Gasteiger partial charge in [0.2, 0.25) is 0 Å². The second-order valence-corrected chi connectivity index (χ2v) is 5.02. The minimum atomic E-state index is 0.593. The summed E-state index contributed by atoms with van der Waals surface area (Å²) in [5, 5.41) is 0. The van der Waals surface area contributed by atoms with Gasteiger partial charge in [0, 0.05) is 30.4 Å². The van der Waals surface area contributed by atoms with Crippen molar-refractivity contribution >= 4 is 11.0 Å². The van der Waals surface area contributed by atoms with Gasteiger partial charge in [-0.25, -0.2) is 4.98 Å². The first-order valence-electron chi connectivity index (χ1n) is 7.07. The lowest BCUT2D eigenvalue weighted by Gasteiger charge is -2.17. The zero-order chi connectivity index (χ0) is 14.1. The molecule has 3 heterocycles. The Kier molecular flexibility index (Phi) is 2.96. The number of aromatic amines is 1. The fraction of sp³-hybridized carbons (Fsp3) is 0.250. The molecule has 5 nitrogen and oxygen atoms in total. The molecule has 1 aliphatic rings. The number of hydrogen-bond acceptors (Lipinski definition) is 4. The van der Waals surface area contributed by atoms with Crippen molar-refractivity contribution in [1.29, 1.82) is 0 Å². The van der Waals surface area contributed by atoms with Crippen molar-refractivity contribution in [2.24, 2.45) is 0 Å². The lowest BCUT2D eigenvalue weighted by Crippen LogP contribution is -2.15. The smallest absolute Gasteiger partial charge is 0.163 e. The number of rotatable bonds is 3. The monoisotopic (exact) mass is 281 g/mol. The van der Waals surface area contributed by atoms with Crippen molar-refractivity contribution in [2.45, 2.75) is 12.8 Å². The number of pyridine rings is 1. The molecule has 0 saturated heterocycles. The molecular formula is C16H15N3O2. The van der Waals surface area contributed by atoms with Crippen molar-refractivity contribution in [3.63, 3.8) is 0 Å². The average Bonchev–Trinajstić information content (AvgIpc) is 2.93. The van der Waals surface area contributed by atoms with Crippen molar-refractivity contribution < 1.29 is 9.47 Å². The van der Waals surface area contributed by atoms with E-state index in [0.717, 1.165) is 46.9 Å². The van der Waals surface area contributed by atoms with Crippen LogP contribution in [0.25, 0.3) is 11.0 Å². The Labute approximate surface area is 121 Å². The average molecular weight is 281 g/mol. The number of nitrogens with one attached hydrogen (secondary N) is 1. The fourth-order valence-corrected chi connectivity index (χ4v) is 2.51. The number of hydrogen-bond donors (Lipinski definition) is 1. The molecule has 3 aromatic rings. The van der Waals surface area contributed by atoms with Gasteiger partial charge in [0.25, 0.3) is 0 Å². The van der Waals surface area contributed by atoms with E-state index in [9.17, 15) is 0 Å². The summed E-state index contributed by atoms with van der Waals surface area (Å²) in [7, 11) is 0. The highest BCUT2D eigenvalue weighted by atomic mass is 16.6. The van der Waals surface area contributed by atoms with Gasteiger partial charge in [-0.3, -0.25) is 4.98 Å². The molecule has 106 valence electrons. The fourth-order valence-electron chi connectivity index (χ4n) is 2.51. The predicted octanol–water partition coefficient (Wildman–Crippen LogP) is 2.51. The van der Waals surface area contributed by atoms with E-state index in [-0.39, 0.29) is 0 Å². The number of imidazole rings is 1. The van der Waals surface area contributed by atoms with Crippen LogP contribution in [-0.2, 0) is 12.8 Å². The van der Waals surface area contributed by atoms with Gasteiger partial charge in [0.15, 0.2) is 11.5 Å². The van der Waals surface area contributed by atoms with E-state index in [2.05, 4.69) is 15.0 Å². The lowest BCUT2D eigenvalue weighted by molar-refractivity contribution is 0.172. The maximum Gasteiger partial charge on any atom is 0.163 e. The number of benzene rings is 1. The molecule has 1 aliphatic heterocycles. The molecule has 0 spiro atoms. The standard InChI is InChI=1S/C16H15N3O2/c1-2-6-17-11(3-1)4-5-16-18-12-9-14-15(10-13(12)19-16)21-8-7-20-14/h1-3,6,9-10H,4-5,7-8H2,(H,18,19). The highest BCUT2D eigenvalue weighted by molar-refractivity contribution is 5.79. The molecule has 4 rings (SSSR count). The van der Waals surface area contributed by atoms with Gasteiger partial charge in [-0.15, -0.1) is 0 Å². The zero-order valence-corrected chi connectivity index (χ0v) is 11.5. The van der Waals surface area contributed by atoms with Crippen molar-refractivity contribution in [1.82, 2.24) is 15.0 Å². The number of fused-ring (bicyclic) bond motifs is 2. The first-order chi connectivity index (χ1) is 10.4. The Balaban J connectivity index is 1.59. The highest BCUT2D eigenvalue weighted by Crippen LogP contribution is 2.33.